The number of hydrogen-bond acceptors (Lipinski definition) is 8. The van der Waals surface area contributed by atoms with Gasteiger partial charge in [0.25, 0.3) is 0 Å². The molecule has 0 aromatic carbocycles. The van der Waals surface area contributed by atoms with E-state index in [0.717, 1.165) is 47.6 Å². The van der Waals surface area contributed by atoms with Gasteiger partial charge in [-0.2, -0.15) is 4.31 Å². The number of fused-ring (bicyclic) bond motifs is 1. The van der Waals surface area contributed by atoms with Gasteiger partial charge in [0.05, 0.1) is 21.8 Å². The molecule has 3 aromatic heterocycles. The minimum Gasteiger partial charge on any atom is -0.388 e. The number of pyridine rings is 1. The number of aliphatic hydroxyl groups is 1. The number of sulfonamides is 1. The predicted molar refractivity (Wildman–Crippen MR) is 138 cm³/mol. The summed E-state index contributed by atoms with van der Waals surface area (Å²) >= 11 is 1.47. The molecule has 0 unspecified atom stereocenters. The third-order valence-corrected chi connectivity index (χ3v) is 10.5. The van der Waals surface area contributed by atoms with Crippen molar-refractivity contribution in [3.63, 3.8) is 0 Å². The van der Waals surface area contributed by atoms with Crippen molar-refractivity contribution in [1.29, 1.82) is 0 Å². The first-order valence-corrected chi connectivity index (χ1v) is 14.7. The summed E-state index contributed by atoms with van der Waals surface area (Å²) in [5.41, 5.74) is -0.192. The highest BCUT2D eigenvalue weighted by Gasteiger charge is 2.42. The van der Waals surface area contributed by atoms with Gasteiger partial charge < -0.3 is 15.0 Å². The molecule has 0 bridgehead atoms. The smallest absolute Gasteiger partial charge is 0.214 e. The fourth-order valence-electron chi connectivity index (χ4n) is 5.23. The van der Waals surface area contributed by atoms with Crippen molar-refractivity contribution in [3.05, 3.63) is 43.0 Å². The first-order chi connectivity index (χ1) is 16.8. The van der Waals surface area contributed by atoms with E-state index < -0.39 is 15.6 Å². The van der Waals surface area contributed by atoms with Crippen molar-refractivity contribution in [3.8, 4) is 0 Å². The molecular formula is C24H32N6O3S2. The Balaban J connectivity index is 1.14. The number of β-amino-alcohol motifs (C(OH)–C–C–N with tert-alkyl or cyclic N) is 1. The van der Waals surface area contributed by atoms with E-state index in [4.69, 9.17) is 0 Å². The molecule has 11 heteroatoms. The molecule has 1 saturated carbocycles. The van der Waals surface area contributed by atoms with Crippen LogP contribution in [0.3, 0.4) is 0 Å². The summed E-state index contributed by atoms with van der Waals surface area (Å²) in [5.74, 6) is 1.64. The second-order valence-electron chi connectivity index (χ2n) is 9.77. The normalized spacial score (nSPS) is 25.8. The topological polar surface area (TPSA) is 115 Å². The van der Waals surface area contributed by atoms with E-state index in [2.05, 4.69) is 31.9 Å². The number of thioether (sulfide) groups is 1. The maximum absolute atomic E-state index is 13.2. The van der Waals surface area contributed by atoms with Gasteiger partial charge in [-0.1, -0.05) is 6.07 Å². The molecule has 188 valence electrons. The molecule has 0 radical (unpaired) electrons. The highest BCUT2D eigenvalue weighted by Crippen LogP contribution is 2.34. The van der Waals surface area contributed by atoms with Crippen LogP contribution in [0.4, 0.5) is 5.82 Å². The lowest BCUT2D eigenvalue weighted by molar-refractivity contribution is 0.0812. The Labute approximate surface area is 210 Å². The molecular weight excluding hydrogens is 484 g/mol. The van der Waals surface area contributed by atoms with Crippen LogP contribution in [0.2, 0.25) is 0 Å². The van der Waals surface area contributed by atoms with Gasteiger partial charge in [0.1, 0.15) is 17.8 Å². The van der Waals surface area contributed by atoms with Gasteiger partial charge in [-0.3, -0.25) is 0 Å². The van der Waals surface area contributed by atoms with E-state index >= 15 is 0 Å². The summed E-state index contributed by atoms with van der Waals surface area (Å²) in [7, 11) is -1.35. The van der Waals surface area contributed by atoms with Crippen LogP contribution < -0.4 is 4.90 Å². The van der Waals surface area contributed by atoms with Crippen molar-refractivity contribution in [2.24, 2.45) is 5.92 Å². The van der Waals surface area contributed by atoms with Gasteiger partial charge in [-0.25, -0.2) is 23.4 Å². The summed E-state index contributed by atoms with van der Waals surface area (Å²) in [6.45, 7) is 0.535. The van der Waals surface area contributed by atoms with Gasteiger partial charge in [-0.05, 0) is 56.2 Å². The molecule has 4 heterocycles. The Morgan fingerprint density at radius 1 is 1.20 bits per heavy atom. The Morgan fingerprint density at radius 3 is 2.80 bits per heavy atom. The molecule has 1 aliphatic carbocycles. The minimum atomic E-state index is -3.41. The maximum Gasteiger partial charge on any atom is 0.214 e. The monoisotopic (exact) mass is 516 g/mol. The van der Waals surface area contributed by atoms with Gasteiger partial charge in [0.2, 0.25) is 10.0 Å². The predicted octanol–water partition coefficient (Wildman–Crippen LogP) is 2.91. The van der Waals surface area contributed by atoms with Crippen molar-refractivity contribution in [2.45, 2.75) is 48.8 Å². The average molecular weight is 517 g/mol. The molecule has 1 atom stereocenters. The van der Waals surface area contributed by atoms with Gasteiger partial charge >= 0.3 is 0 Å². The van der Waals surface area contributed by atoms with Crippen LogP contribution in [0.25, 0.3) is 11.0 Å². The van der Waals surface area contributed by atoms with Gasteiger partial charge in [0.15, 0.2) is 0 Å². The lowest BCUT2D eigenvalue weighted by Gasteiger charge is -2.35. The summed E-state index contributed by atoms with van der Waals surface area (Å²) in [6.07, 6.45) is 9.21. The van der Waals surface area contributed by atoms with E-state index in [9.17, 15) is 13.5 Å². The van der Waals surface area contributed by atoms with E-state index in [1.54, 1.807) is 12.5 Å². The van der Waals surface area contributed by atoms with E-state index in [1.807, 2.05) is 30.5 Å². The summed E-state index contributed by atoms with van der Waals surface area (Å²) < 4.78 is 27.9. The van der Waals surface area contributed by atoms with Crippen LogP contribution in [-0.2, 0) is 10.0 Å². The zero-order valence-corrected chi connectivity index (χ0v) is 21.5. The number of rotatable bonds is 8. The highest BCUT2D eigenvalue weighted by atomic mass is 32.2. The Bertz CT molecular complexity index is 1250. The number of hydrogen-bond donors (Lipinski definition) is 2. The molecule has 0 spiro atoms. The van der Waals surface area contributed by atoms with Crippen molar-refractivity contribution in [2.75, 3.05) is 36.5 Å². The van der Waals surface area contributed by atoms with Crippen molar-refractivity contribution < 1.29 is 13.5 Å². The average Bonchev–Trinajstić information content (AvgIpc) is 3.51. The number of nitrogens with zero attached hydrogens (tertiary/aromatic N) is 5. The second-order valence-corrected chi connectivity index (χ2v) is 12.8. The fraction of sp³-hybridized carbons (Fsp3) is 0.542. The van der Waals surface area contributed by atoms with Crippen LogP contribution in [0.5, 0.6) is 0 Å². The highest BCUT2D eigenvalue weighted by molar-refractivity contribution is 7.99. The number of aromatic nitrogens is 4. The largest absolute Gasteiger partial charge is 0.388 e. The summed E-state index contributed by atoms with van der Waals surface area (Å²) in [5, 5.41) is 12.8. The third kappa shape index (κ3) is 5.47. The van der Waals surface area contributed by atoms with Crippen LogP contribution in [0, 0.1) is 5.92 Å². The minimum absolute atomic E-state index is 0.138. The van der Waals surface area contributed by atoms with E-state index in [1.165, 1.54) is 16.1 Å². The Morgan fingerprint density at radius 2 is 2.03 bits per heavy atom. The summed E-state index contributed by atoms with van der Waals surface area (Å²) in [4.78, 5) is 18.4. The van der Waals surface area contributed by atoms with Gasteiger partial charge in [0, 0.05) is 44.3 Å². The van der Waals surface area contributed by atoms with Crippen molar-refractivity contribution >= 4 is 38.6 Å². The third-order valence-electron chi connectivity index (χ3n) is 7.29. The van der Waals surface area contributed by atoms with E-state index in [0.29, 0.717) is 24.8 Å². The van der Waals surface area contributed by atoms with Crippen molar-refractivity contribution in [1.82, 2.24) is 24.2 Å². The second kappa shape index (κ2) is 10.0. The number of H-pyrrole nitrogens is 1. The number of nitrogens with one attached hydrogen (secondary N) is 1. The molecule has 1 saturated heterocycles. The fourth-order valence-corrected chi connectivity index (χ4v) is 8.14. The molecule has 1 aliphatic heterocycles. The molecule has 9 nitrogen and oxygen atoms in total. The Hall–Kier alpha value is -2.21. The lowest BCUT2D eigenvalue weighted by Crippen LogP contribution is -2.41. The first-order valence-electron chi connectivity index (χ1n) is 12.1. The standard InChI is InChI=1S/C24H32N6O3S2/c1-29(23-20-9-12-26-22(20)27-17-28-23)19-7-5-18(6-8-19)14-35(32,33)30-13-10-24(31,15-30)16-34-21-4-2-3-11-25-21/h2-4,9,11-12,17-19,31H,5-8,10,13-16H2,1H3,(H,26,27,28)/t18?,19?,24-/m0/s1. The Kier molecular flexibility index (Phi) is 7.02. The first kappa shape index (κ1) is 24.5. The molecule has 5 rings (SSSR count). The quantitative estimate of drug-likeness (QED) is 0.439. The molecule has 2 N–H and O–H groups in total. The molecule has 0 amide bonds. The number of anilines is 1. The van der Waals surface area contributed by atoms with Crippen LogP contribution in [0.15, 0.2) is 48.0 Å². The molecule has 2 aliphatic rings. The molecule has 35 heavy (non-hydrogen) atoms. The maximum atomic E-state index is 13.2. The molecule has 2 fully saturated rings. The van der Waals surface area contributed by atoms with Crippen LogP contribution in [-0.4, -0.2) is 81.1 Å². The van der Waals surface area contributed by atoms with E-state index in [-0.39, 0.29) is 18.2 Å². The van der Waals surface area contributed by atoms with Crippen LogP contribution >= 0.6 is 11.8 Å². The van der Waals surface area contributed by atoms with Crippen LogP contribution in [0.1, 0.15) is 32.1 Å². The summed E-state index contributed by atoms with van der Waals surface area (Å²) in [6, 6.07) is 7.97. The zero-order valence-electron chi connectivity index (χ0n) is 19.9. The SMILES string of the molecule is CN(c1ncnc2[nH]ccc12)C1CCC(CS(=O)(=O)N2CC[C@@](O)(CSc3ccccn3)C2)CC1. The lowest BCUT2D eigenvalue weighted by atomic mass is 9.86. The molecule has 3 aromatic rings. The zero-order chi connectivity index (χ0) is 24.5. The number of aromatic amines is 1. The van der Waals surface area contributed by atoms with Gasteiger partial charge in [-0.15, -0.1) is 11.8 Å².